The first kappa shape index (κ1) is 14.6. The van der Waals surface area contributed by atoms with Crippen molar-refractivity contribution >= 4 is 15.7 Å². The van der Waals surface area contributed by atoms with Gasteiger partial charge in [-0.25, -0.2) is 13.1 Å². The standard InChI is InChI=1S/C10H15N3O4S/c1-18(16,17)12-6-5-11-8-9-3-2-4-10(7-9)13(14)15/h2-4,7,11-12H,5-6,8H2,1H3. The Morgan fingerprint density at radius 3 is 2.67 bits per heavy atom. The number of nitro benzene ring substituents is 1. The van der Waals surface area contributed by atoms with Crippen molar-refractivity contribution in [2.45, 2.75) is 6.54 Å². The summed E-state index contributed by atoms with van der Waals surface area (Å²) in [6, 6.07) is 6.29. The highest BCUT2D eigenvalue weighted by molar-refractivity contribution is 7.88. The molecule has 2 N–H and O–H groups in total. The minimum absolute atomic E-state index is 0.0450. The second kappa shape index (κ2) is 6.43. The van der Waals surface area contributed by atoms with Crippen molar-refractivity contribution in [3.8, 4) is 0 Å². The Kier molecular flexibility index (Phi) is 5.20. The Labute approximate surface area is 105 Å². The van der Waals surface area contributed by atoms with Crippen molar-refractivity contribution < 1.29 is 13.3 Å². The highest BCUT2D eigenvalue weighted by Gasteiger charge is 2.05. The Hall–Kier alpha value is -1.51. The SMILES string of the molecule is CS(=O)(=O)NCCNCc1cccc([N+](=O)[O-])c1. The lowest BCUT2D eigenvalue weighted by Gasteiger charge is -2.05. The van der Waals surface area contributed by atoms with E-state index in [1.807, 2.05) is 0 Å². The number of nitrogens with zero attached hydrogens (tertiary/aromatic N) is 1. The minimum atomic E-state index is -3.17. The first-order valence-corrected chi connectivity index (χ1v) is 7.16. The van der Waals surface area contributed by atoms with Crippen LogP contribution in [-0.4, -0.2) is 32.7 Å². The third-order valence-electron chi connectivity index (χ3n) is 2.12. The predicted octanol–water partition coefficient (Wildman–Crippen LogP) is 0.234. The normalized spacial score (nSPS) is 11.4. The number of nitro groups is 1. The van der Waals surface area contributed by atoms with Crippen molar-refractivity contribution in [2.24, 2.45) is 0 Å². The fourth-order valence-corrected chi connectivity index (χ4v) is 1.81. The van der Waals surface area contributed by atoms with Crippen molar-refractivity contribution in [1.29, 1.82) is 0 Å². The molecule has 0 aliphatic heterocycles. The largest absolute Gasteiger partial charge is 0.311 e. The van der Waals surface area contributed by atoms with E-state index in [1.165, 1.54) is 12.1 Å². The maximum Gasteiger partial charge on any atom is 0.269 e. The molecule has 0 unspecified atom stereocenters. The second-order valence-electron chi connectivity index (χ2n) is 3.77. The van der Waals surface area contributed by atoms with E-state index < -0.39 is 14.9 Å². The van der Waals surface area contributed by atoms with Crippen LogP contribution in [0.1, 0.15) is 5.56 Å². The van der Waals surface area contributed by atoms with Gasteiger partial charge in [-0.15, -0.1) is 0 Å². The molecule has 0 saturated heterocycles. The van der Waals surface area contributed by atoms with Crippen LogP contribution < -0.4 is 10.0 Å². The van der Waals surface area contributed by atoms with Gasteiger partial charge in [0.2, 0.25) is 10.0 Å². The number of rotatable bonds is 7. The zero-order chi connectivity index (χ0) is 13.6. The molecule has 8 heteroatoms. The summed E-state index contributed by atoms with van der Waals surface area (Å²) in [5.74, 6) is 0. The summed E-state index contributed by atoms with van der Waals surface area (Å²) in [5.41, 5.74) is 0.826. The van der Waals surface area contributed by atoms with E-state index in [9.17, 15) is 18.5 Å². The molecular weight excluding hydrogens is 258 g/mol. The van der Waals surface area contributed by atoms with Gasteiger partial charge in [-0.1, -0.05) is 12.1 Å². The molecule has 100 valence electrons. The van der Waals surface area contributed by atoms with E-state index >= 15 is 0 Å². The maximum absolute atomic E-state index is 10.8. The molecule has 0 aromatic heterocycles. The lowest BCUT2D eigenvalue weighted by Crippen LogP contribution is -2.30. The van der Waals surface area contributed by atoms with Crippen LogP contribution >= 0.6 is 0 Å². The van der Waals surface area contributed by atoms with Gasteiger partial charge in [0.1, 0.15) is 0 Å². The molecule has 0 aliphatic carbocycles. The summed E-state index contributed by atoms with van der Waals surface area (Å²) in [4.78, 5) is 10.1. The Balaban J connectivity index is 2.36. The molecule has 18 heavy (non-hydrogen) atoms. The Morgan fingerprint density at radius 2 is 2.06 bits per heavy atom. The van der Waals surface area contributed by atoms with Gasteiger partial charge in [0.05, 0.1) is 11.2 Å². The monoisotopic (exact) mass is 273 g/mol. The Bertz CT molecular complexity index is 516. The topological polar surface area (TPSA) is 101 Å². The van der Waals surface area contributed by atoms with Gasteiger partial charge in [0.25, 0.3) is 5.69 Å². The molecule has 0 saturated carbocycles. The van der Waals surface area contributed by atoms with Crippen LogP contribution in [0.25, 0.3) is 0 Å². The number of nitrogens with one attached hydrogen (secondary N) is 2. The highest BCUT2D eigenvalue weighted by atomic mass is 32.2. The van der Waals surface area contributed by atoms with Gasteiger partial charge in [-0.3, -0.25) is 10.1 Å². The molecule has 0 spiro atoms. The molecule has 0 bridgehead atoms. The first-order chi connectivity index (χ1) is 8.38. The molecular formula is C10H15N3O4S. The molecule has 0 heterocycles. The van der Waals surface area contributed by atoms with Crippen LogP contribution in [0.15, 0.2) is 24.3 Å². The van der Waals surface area contributed by atoms with E-state index in [0.717, 1.165) is 11.8 Å². The molecule has 0 atom stereocenters. The molecule has 1 aromatic carbocycles. The van der Waals surface area contributed by atoms with Crippen molar-refractivity contribution in [2.75, 3.05) is 19.3 Å². The molecule has 0 amide bonds. The molecule has 7 nitrogen and oxygen atoms in total. The molecule has 1 aromatic rings. The van der Waals surface area contributed by atoms with Crippen molar-refractivity contribution in [1.82, 2.24) is 10.0 Å². The maximum atomic E-state index is 10.8. The second-order valence-corrected chi connectivity index (χ2v) is 5.60. The quantitative estimate of drug-likeness (QED) is 0.421. The van der Waals surface area contributed by atoms with E-state index in [0.29, 0.717) is 13.1 Å². The van der Waals surface area contributed by atoms with Crippen LogP contribution in [0, 0.1) is 10.1 Å². The number of hydrogen-bond donors (Lipinski definition) is 2. The van der Waals surface area contributed by atoms with Crippen LogP contribution in [0.4, 0.5) is 5.69 Å². The van der Waals surface area contributed by atoms with Crippen molar-refractivity contribution in [3.05, 3.63) is 39.9 Å². The third kappa shape index (κ3) is 5.71. The molecule has 0 radical (unpaired) electrons. The van der Waals surface area contributed by atoms with Gasteiger partial charge in [-0.2, -0.15) is 0 Å². The summed E-state index contributed by atoms with van der Waals surface area (Å²) >= 11 is 0. The smallest absolute Gasteiger partial charge is 0.269 e. The minimum Gasteiger partial charge on any atom is -0.311 e. The highest BCUT2D eigenvalue weighted by Crippen LogP contribution is 2.12. The van der Waals surface area contributed by atoms with Gasteiger partial charge in [0, 0.05) is 31.8 Å². The zero-order valence-electron chi connectivity index (χ0n) is 9.92. The van der Waals surface area contributed by atoms with E-state index in [4.69, 9.17) is 0 Å². The fourth-order valence-electron chi connectivity index (χ4n) is 1.34. The number of non-ortho nitro benzene ring substituents is 1. The van der Waals surface area contributed by atoms with Gasteiger partial charge >= 0.3 is 0 Å². The van der Waals surface area contributed by atoms with Crippen LogP contribution in [-0.2, 0) is 16.6 Å². The van der Waals surface area contributed by atoms with Crippen molar-refractivity contribution in [3.63, 3.8) is 0 Å². The summed E-state index contributed by atoms with van der Waals surface area (Å²) in [6.07, 6.45) is 1.09. The van der Waals surface area contributed by atoms with Gasteiger partial charge in [-0.05, 0) is 5.56 Å². The summed E-state index contributed by atoms with van der Waals surface area (Å²) in [5, 5.41) is 13.5. The van der Waals surface area contributed by atoms with Gasteiger partial charge < -0.3 is 5.32 Å². The zero-order valence-corrected chi connectivity index (χ0v) is 10.7. The van der Waals surface area contributed by atoms with Crippen LogP contribution in [0.3, 0.4) is 0 Å². The van der Waals surface area contributed by atoms with E-state index in [1.54, 1.807) is 12.1 Å². The molecule has 0 aliphatic rings. The lowest BCUT2D eigenvalue weighted by molar-refractivity contribution is -0.384. The van der Waals surface area contributed by atoms with E-state index in [-0.39, 0.29) is 12.2 Å². The Morgan fingerprint density at radius 1 is 1.33 bits per heavy atom. The average molecular weight is 273 g/mol. The number of hydrogen-bond acceptors (Lipinski definition) is 5. The average Bonchev–Trinajstić information content (AvgIpc) is 2.27. The van der Waals surface area contributed by atoms with Crippen LogP contribution in [0.5, 0.6) is 0 Å². The third-order valence-corrected chi connectivity index (χ3v) is 2.85. The number of sulfonamides is 1. The predicted molar refractivity (Wildman–Crippen MR) is 67.6 cm³/mol. The summed E-state index contributed by atoms with van der Waals surface area (Å²) < 4.78 is 23.9. The molecule has 1 rings (SSSR count). The van der Waals surface area contributed by atoms with Crippen LogP contribution in [0.2, 0.25) is 0 Å². The fraction of sp³-hybridized carbons (Fsp3) is 0.400. The summed E-state index contributed by atoms with van der Waals surface area (Å²) in [6.45, 7) is 1.19. The van der Waals surface area contributed by atoms with E-state index in [2.05, 4.69) is 10.0 Å². The lowest BCUT2D eigenvalue weighted by atomic mass is 10.2. The first-order valence-electron chi connectivity index (χ1n) is 5.27. The number of benzene rings is 1. The van der Waals surface area contributed by atoms with Gasteiger partial charge in [0.15, 0.2) is 0 Å². The summed E-state index contributed by atoms with van der Waals surface area (Å²) in [7, 11) is -3.17. The molecule has 0 fully saturated rings.